The van der Waals surface area contributed by atoms with E-state index in [0.717, 1.165) is 29.8 Å². The summed E-state index contributed by atoms with van der Waals surface area (Å²) in [5.74, 6) is 1.06. The standard InChI is InChI=1S/C14H26N6/c1-7-10-12-13(19(6)17-10)20(14(15)16-12)11(9(2)3)8-18(4)5/h9,11H,7-8H2,1-6H3,(H2,15,16). The number of nitrogens with two attached hydrogens (primary N) is 1. The van der Waals surface area contributed by atoms with E-state index >= 15 is 0 Å². The second-order valence-corrected chi connectivity index (χ2v) is 6.01. The van der Waals surface area contributed by atoms with Crippen molar-refractivity contribution in [2.45, 2.75) is 33.2 Å². The van der Waals surface area contributed by atoms with E-state index in [-0.39, 0.29) is 6.04 Å². The maximum absolute atomic E-state index is 6.20. The Balaban J connectivity index is 2.62. The molecule has 6 heteroatoms. The number of aryl methyl sites for hydroxylation is 2. The van der Waals surface area contributed by atoms with E-state index in [4.69, 9.17) is 5.73 Å². The fraction of sp³-hybridized carbons (Fsp3) is 0.714. The number of fused-ring (bicyclic) bond motifs is 1. The first-order chi connectivity index (χ1) is 9.36. The van der Waals surface area contributed by atoms with Crippen LogP contribution in [-0.2, 0) is 13.5 Å². The summed E-state index contributed by atoms with van der Waals surface area (Å²) in [6, 6.07) is 0.287. The first-order valence-electron chi connectivity index (χ1n) is 7.20. The number of imidazole rings is 1. The lowest BCUT2D eigenvalue weighted by Crippen LogP contribution is -2.29. The van der Waals surface area contributed by atoms with E-state index in [1.54, 1.807) is 0 Å². The van der Waals surface area contributed by atoms with Gasteiger partial charge in [-0.05, 0) is 26.4 Å². The molecule has 20 heavy (non-hydrogen) atoms. The van der Waals surface area contributed by atoms with Crippen LogP contribution in [0.1, 0.15) is 32.5 Å². The van der Waals surface area contributed by atoms with Gasteiger partial charge in [0, 0.05) is 13.6 Å². The largest absolute Gasteiger partial charge is 0.369 e. The van der Waals surface area contributed by atoms with Gasteiger partial charge in [0.05, 0.1) is 11.7 Å². The van der Waals surface area contributed by atoms with Crippen molar-refractivity contribution in [2.24, 2.45) is 13.0 Å². The van der Waals surface area contributed by atoms with Crippen LogP contribution >= 0.6 is 0 Å². The predicted molar refractivity (Wildman–Crippen MR) is 82.7 cm³/mol. The third-order valence-corrected chi connectivity index (χ3v) is 3.75. The normalized spacial score (nSPS) is 13.8. The Morgan fingerprint density at radius 1 is 1.30 bits per heavy atom. The molecule has 0 fully saturated rings. The number of rotatable bonds is 5. The zero-order valence-corrected chi connectivity index (χ0v) is 13.4. The number of hydrogen-bond acceptors (Lipinski definition) is 4. The molecule has 0 aliphatic rings. The van der Waals surface area contributed by atoms with Gasteiger partial charge in [-0.2, -0.15) is 5.10 Å². The smallest absolute Gasteiger partial charge is 0.202 e. The van der Waals surface area contributed by atoms with E-state index in [9.17, 15) is 0 Å². The van der Waals surface area contributed by atoms with Gasteiger partial charge < -0.3 is 10.6 Å². The van der Waals surface area contributed by atoms with E-state index in [0.29, 0.717) is 11.9 Å². The highest BCUT2D eigenvalue weighted by Gasteiger charge is 2.25. The average Bonchev–Trinajstić information content (AvgIpc) is 2.83. The Hall–Kier alpha value is -1.56. The number of anilines is 1. The second-order valence-electron chi connectivity index (χ2n) is 6.01. The van der Waals surface area contributed by atoms with Gasteiger partial charge in [0.15, 0.2) is 5.65 Å². The summed E-state index contributed by atoms with van der Waals surface area (Å²) in [7, 11) is 6.13. The molecule has 0 saturated heterocycles. The molecule has 2 N–H and O–H groups in total. The third-order valence-electron chi connectivity index (χ3n) is 3.75. The second kappa shape index (κ2) is 5.44. The quantitative estimate of drug-likeness (QED) is 0.903. The number of likely N-dealkylation sites (N-methyl/N-ethyl adjacent to an activating group) is 1. The van der Waals surface area contributed by atoms with E-state index < -0.39 is 0 Å². The summed E-state index contributed by atoms with van der Waals surface area (Å²) in [5, 5.41) is 4.56. The van der Waals surface area contributed by atoms with Gasteiger partial charge in [-0.15, -0.1) is 0 Å². The van der Waals surface area contributed by atoms with Crippen LogP contribution in [0.3, 0.4) is 0 Å². The molecule has 1 atom stereocenters. The number of nitrogen functional groups attached to an aromatic ring is 1. The van der Waals surface area contributed by atoms with Crippen LogP contribution in [0.4, 0.5) is 5.95 Å². The molecule has 112 valence electrons. The summed E-state index contributed by atoms with van der Waals surface area (Å²) in [5.41, 5.74) is 9.18. The molecule has 0 amide bonds. The number of aromatic nitrogens is 4. The summed E-state index contributed by atoms with van der Waals surface area (Å²) < 4.78 is 4.05. The first-order valence-corrected chi connectivity index (χ1v) is 7.20. The first kappa shape index (κ1) is 14.8. The van der Waals surface area contributed by atoms with E-state index in [2.05, 4.69) is 54.4 Å². The van der Waals surface area contributed by atoms with Crippen LogP contribution in [0, 0.1) is 5.92 Å². The Kier molecular flexibility index (Phi) is 4.04. The van der Waals surface area contributed by atoms with Crippen molar-refractivity contribution in [1.29, 1.82) is 0 Å². The highest BCUT2D eigenvalue weighted by Crippen LogP contribution is 2.29. The minimum atomic E-state index is 0.287. The average molecular weight is 278 g/mol. The maximum Gasteiger partial charge on any atom is 0.202 e. The van der Waals surface area contributed by atoms with Gasteiger partial charge in [0.2, 0.25) is 5.95 Å². The minimum absolute atomic E-state index is 0.287. The monoisotopic (exact) mass is 278 g/mol. The van der Waals surface area contributed by atoms with Crippen LogP contribution in [0.5, 0.6) is 0 Å². The zero-order chi connectivity index (χ0) is 15.0. The molecule has 2 aromatic heterocycles. The number of hydrogen-bond donors (Lipinski definition) is 1. The molecule has 0 spiro atoms. The lowest BCUT2D eigenvalue weighted by molar-refractivity contribution is 0.274. The van der Waals surface area contributed by atoms with E-state index in [1.807, 2.05) is 11.7 Å². The lowest BCUT2D eigenvalue weighted by Gasteiger charge is -2.27. The fourth-order valence-electron chi connectivity index (χ4n) is 2.75. The molecule has 2 heterocycles. The molecule has 1 unspecified atom stereocenters. The molecule has 0 radical (unpaired) electrons. The van der Waals surface area contributed by atoms with Crippen molar-refractivity contribution in [1.82, 2.24) is 24.2 Å². The van der Waals surface area contributed by atoms with Crippen molar-refractivity contribution in [3.05, 3.63) is 5.69 Å². The van der Waals surface area contributed by atoms with Crippen LogP contribution in [-0.4, -0.2) is 44.9 Å². The summed E-state index contributed by atoms with van der Waals surface area (Å²) in [6.45, 7) is 7.46. The van der Waals surface area contributed by atoms with Crippen molar-refractivity contribution in [3.63, 3.8) is 0 Å². The van der Waals surface area contributed by atoms with E-state index in [1.165, 1.54) is 0 Å². The summed E-state index contributed by atoms with van der Waals surface area (Å²) in [6.07, 6.45) is 0.869. The Morgan fingerprint density at radius 3 is 2.45 bits per heavy atom. The Labute approximate surface area is 120 Å². The lowest BCUT2D eigenvalue weighted by atomic mass is 10.0. The minimum Gasteiger partial charge on any atom is -0.369 e. The number of nitrogens with zero attached hydrogens (tertiary/aromatic N) is 5. The molecule has 0 bridgehead atoms. The zero-order valence-electron chi connectivity index (χ0n) is 13.4. The van der Waals surface area contributed by atoms with Crippen molar-refractivity contribution in [3.8, 4) is 0 Å². The topological polar surface area (TPSA) is 64.9 Å². The molecule has 6 nitrogen and oxygen atoms in total. The summed E-state index contributed by atoms with van der Waals surface area (Å²) >= 11 is 0. The molecule has 2 rings (SSSR count). The van der Waals surface area contributed by atoms with Crippen LogP contribution in [0.25, 0.3) is 11.2 Å². The maximum atomic E-state index is 6.20. The molecular formula is C14H26N6. The fourth-order valence-corrected chi connectivity index (χ4v) is 2.75. The molecule has 0 saturated carbocycles. The highest BCUT2D eigenvalue weighted by molar-refractivity contribution is 5.78. The molecule has 0 aliphatic heterocycles. The van der Waals surface area contributed by atoms with Crippen molar-refractivity contribution in [2.75, 3.05) is 26.4 Å². The molecular weight excluding hydrogens is 252 g/mol. The Bertz CT molecular complexity index is 592. The molecule has 0 aliphatic carbocycles. The molecule has 0 aromatic carbocycles. The van der Waals surface area contributed by atoms with Crippen LogP contribution < -0.4 is 5.73 Å². The van der Waals surface area contributed by atoms with Gasteiger partial charge in [-0.3, -0.25) is 9.25 Å². The predicted octanol–water partition coefficient (Wildman–Crippen LogP) is 1.67. The van der Waals surface area contributed by atoms with Crippen molar-refractivity contribution < 1.29 is 0 Å². The van der Waals surface area contributed by atoms with Gasteiger partial charge in [-0.1, -0.05) is 20.8 Å². The SMILES string of the molecule is CCc1nn(C)c2c1nc(N)n2C(CN(C)C)C(C)C. The van der Waals surface area contributed by atoms with Gasteiger partial charge in [0.25, 0.3) is 0 Å². The van der Waals surface area contributed by atoms with Gasteiger partial charge >= 0.3 is 0 Å². The molecule has 2 aromatic rings. The van der Waals surface area contributed by atoms with Gasteiger partial charge in [-0.25, -0.2) is 4.98 Å². The highest BCUT2D eigenvalue weighted by atomic mass is 15.4. The van der Waals surface area contributed by atoms with Gasteiger partial charge in [0.1, 0.15) is 5.52 Å². The summed E-state index contributed by atoms with van der Waals surface area (Å²) in [4.78, 5) is 6.74. The Morgan fingerprint density at radius 2 is 1.95 bits per heavy atom. The van der Waals surface area contributed by atoms with Crippen LogP contribution in [0.2, 0.25) is 0 Å². The third kappa shape index (κ3) is 2.40. The van der Waals surface area contributed by atoms with Crippen LogP contribution in [0.15, 0.2) is 0 Å². The van der Waals surface area contributed by atoms with Crippen molar-refractivity contribution >= 4 is 17.1 Å².